The van der Waals surface area contributed by atoms with Gasteiger partial charge in [0.1, 0.15) is 13.6 Å². The van der Waals surface area contributed by atoms with Gasteiger partial charge in [-0.05, 0) is 6.42 Å². The Hall–Kier alpha value is -0.370. The molecular weight excluding hydrogens is 232 g/mol. The van der Waals surface area contributed by atoms with E-state index in [0.717, 1.165) is 0 Å². The monoisotopic (exact) mass is 268 g/mol. The summed E-state index contributed by atoms with van der Waals surface area (Å²) in [6, 6.07) is 0. The molecule has 0 spiro atoms. The molecule has 1 unspecified atom stereocenters. The molecule has 19 heavy (non-hydrogen) atoms. The van der Waals surface area contributed by atoms with Crippen molar-refractivity contribution in [3.05, 3.63) is 0 Å². The number of hydrogen-bond donors (Lipinski definition) is 1. The second kappa shape index (κ2) is 10.4. The lowest BCUT2D eigenvalue weighted by atomic mass is 10.1. The third-order valence-electron chi connectivity index (χ3n) is 4.54. The van der Waals surface area contributed by atoms with E-state index in [4.69, 9.17) is 0 Å². The first-order valence-electron chi connectivity index (χ1n) is 8.65. The largest absolute Gasteiger partial charge is 0.336 e. The number of likely N-dealkylation sites (N-methyl/N-ethyl adjacent to an activating group) is 2. The lowest BCUT2D eigenvalue weighted by molar-refractivity contribution is -0.779. The minimum Gasteiger partial charge on any atom is -0.248 e. The zero-order valence-corrected chi connectivity index (χ0v) is 13.6. The van der Waals surface area contributed by atoms with Crippen LogP contribution in [0.3, 0.4) is 0 Å². The van der Waals surface area contributed by atoms with E-state index < -0.39 is 0 Å². The summed E-state index contributed by atoms with van der Waals surface area (Å²) >= 11 is 0. The van der Waals surface area contributed by atoms with E-state index in [9.17, 15) is 0 Å². The van der Waals surface area contributed by atoms with Gasteiger partial charge in [-0.15, -0.1) is 0 Å². The van der Waals surface area contributed by atoms with Crippen LogP contribution in [0.5, 0.6) is 0 Å². The van der Waals surface area contributed by atoms with Gasteiger partial charge in [0.05, 0.1) is 13.5 Å². The molecule has 0 aromatic heterocycles. The Morgan fingerprint density at radius 3 is 1.89 bits per heavy atom. The molecule has 0 aromatic carbocycles. The van der Waals surface area contributed by atoms with Gasteiger partial charge in [0.15, 0.2) is 6.54 Å². The molecule has 0 bridgehead atoms. The Bertz CT molecular complexity index is 258. The van der Waals surface area contributed by atoms with Gasteiger partial charge >= 0.3 is 5.84 Å². The molecule has 0 amide bonds. The second-order valence-electron chi connectivity index (χ2n) is 6.33. The summed E-state index contributed by atoms with van der Waals surface area (Å²) in [5.41, 5.74) is 0. The first-order chi connectivity index (χ1) is 9.25. The number of nitrogens with one attached hydrogen (secondary N) is 1. The maximum atomic E-state index is 2.46. The highest BCUT2D eigenvalue weighted by atomic mass is 15.3. The first kappa shape index (κ1) is 16.7. The first-order valence-corrected chi connectivity index (χ1v) is 8.65. The number of rotatable bonds is 11. The number of unbranched alkanes of at least 4 members (excludes halogenated alkanes) is 9. The molecule has 1 heterocycles. The fourth-order valence-electron chi connectivity index (χ4n) is 3.12. The fraction of sp³-hybridized carbons (Fsp3) is 0.941. The van der Waals surface area contributed by atoms with E-state index in [1.165, 1.54) is 83.7 Å². The average Bonchev–Trinajstić information content (AvgIpc) is 2.72. The molecule has 0 saturated heterocycles. The minimum atomic E-state index is 1.25. The third kappa shape index (κ3) is 7.10. The summed E-state index contributed by atoms with van der Waals surface area (Å²) in [4.78, 5) is 1.64. The van der Waals surface area contributed by atoms with E-state index in [-0.39, 0.29) is 0 Å². The third-order valence-corrected chi connectivity index (χ3v) is 4.54. The Balaban J connectivity index is 1.88. The van der Waals surface area contributed by atoms with Gasteiger partial charge in [-0.1, -0.05) is 64.7 Å². The van der Waals surface area contributed by atoms with Crippen LogP contribution < -0.4 is 4.90 Å². The van der Waals surface area contributed by atoms with Crippen molar-refractivity contribution in [2.75, 3.05) is 27.2 Å². The van der Waals surface area contributed by atoms with Crippen LogP contribution in [0.1, 0.15) is 77.6 Å². The minimum absolute atomic E-state index is 1.25. The topological polar surface area (TPSA) is 7.45 Å². The molecule has 0 saturated carbocycles. The van der Waals surface area contributed by atoms with Crippen LogP contribution in [-0.2, 0) is 0 Å². The molecule has 0 fully saturated rings. The maximum Gasteiger partial charge on any atom is 0.336 e. The zero-order valence-electron chi connectivity index (χ0n) is 13.6. The fourth-order valence-corrected chi connectivity index (χ4v) is 3.12. The van der Waals surface area contributed by atoms with Crippen molar-refractivity contribution < 1.29 is 9.48 Å². The van der Waals surface area contributed by atoms with Gasteiger partial charge in [0.25, 0.3) is 0 Å². The van der Waals surface area contributed by atoms with Crippen LogP contribution in [0, 0.1) is 0 Å². The number of amidine groups is 1. The summed E-state index contributed by atoms with van der Waals surface area (Å²) in [5.74, 6) is 1.64. The molecule has 112 valence electrons. The van der Waals surface area contributed by atoms with Crippen LogP contribution in [0.2, 0.25) is 0 Å². The van der Waals surface area contributed by atoms with E-state index in [0.29, 0.717) is 0 Å². The summed E-state index contributed by atoms with van der Waals surface area (Å²) in [7, 11) is 4.57. The van der Waals surface area contributed by atoms with Crippen LogP contribution in [0.4, 0.5) is 0 Å². The van der Waals surface area contributed by atoms with Crippen molar-refractivity contribution in [1.29, 1.82) is 0 Å². The highest BCUT2D eigenvalue weighted by Gasteiger charge is 2.28. The van der Waals surface area contributed by atoms with Crippen LogP contribution >= 0.6 is 0 Å². The molecule has 1 aliphatic heterocycles. The lowest BCUT2D eigenvalue weighted by Gasteiger charge is -2.04. The number of quaternary nitrogens is 1. The van der Waals surface area contributed by atoms with Gasteiger partial charge in [-0.2, -0.15) is 4.58 Å². The average molecular weight is 268 g/mol. The Kier molecular flexibility index (Phi) is 9.15. The van der Waals surface area contributed by atoms with Crippen molar-refractivity contribution >= 4 is 5.84 Å². The molecule has 1 rings (SSSR count). The van der Waals surface area contributed by atoms with Gasteiger partial charge in [0, 0.05) is 0 Å². The second-order valence-corrected chi connectivity index (χ2v) is 6.33. The van der Waals surface area contributed by atoms with Gasteiger partial charge in [0.2, 0.25) is 0 Å². The number of nitrogens with zero attached hydrogens (tertiary/aromatic N) is 1. The van der Waals surface area contributed by atoms with Crippen molar-refractivity contribution in [3.63, 3.8) is 0 Å². The molecule has 0 aliphatic carbocycles. The van der Waals surface area contributed by atoms with E-state index in [2.05, 4.69) is 25.6 Å². The van der Waals surface area contributed by atoms with E-state index in [1.807, 2.05) is 0 Å². The standard InChI is InChI=1S/C17H35N2/c1-4-5-6-7-8-9-10-11-12-13-14-17-18(2)15-16-19(17)3/h4-16H2,1-3H3/q+1/p+1. The summed E-state index contributed by atoms with van der Waals surface area (Å²) < 4.78 is 2.46. The molecule has 1 atom stereocenters. The van der Waals surface area contributed by atoms with Crippen LogP contribution in [0.15, 0.2) is 0 Å². The lowest BCUT2D eigenvalue weighted by Crippen LogP contribution is -3.10. The van der Waals surface area contributed by atoms with Crippen LogP contribution in [0.25, 0.3) is 0 Å². The molecule has 2 heteroatoms. The highest BCUT2D eigenvalue weighted by molar-refractivity contribution is 5.68. The molecule has 0 aromatic rings. The maximum absolute atomic E-state index is 2.46. The summed E-state index contributed by atoms with van der Waals surface area (Å²) in [6.07, 6.45) is 15.7. The Morgan fingerprint density at radius 1 is 0.895 bits per heavy atom. The smallest absolute Gasteiger partial charge is 0.248 e. The molecule has 0 radical (unpaired) electrons. The number of hydrogen-bond acceptors (Lipinski definition) is 0. The normalized spacial score (nSPS) is 19.4. The zero-order chi connectivity index (χ0) is 13.9. The van der Waals surface area contributed by atoms with Gasteiger partial charge in [-0.25, -0.2) is 4.90 Å². The Morgan fingerprint density at radius 2 is 1.42 bits per heavy atom. The van der Waals surface area contributed by atoms with Crippen molar-refractivity contribution in [3.8, 4) is 0 Å². The summed E-state index contributed by atoms with van der Waals surface area (Å²) in [5, 5.41) is 0. The van der Waals surface area contributed by atoms with Crippen molar-refractivity contribution in [2.24, 2.45) is 0 Å². The van der Waals surface area contributed by atoms with Crippen molar-refractivity contribution in [2.45, 2.75) is 77.6 Å². The SMILES string of the molecule is CCCCCCCCCCCCC1=[N+](C)CC[NH+]1C. The van der Waals surface area contributed by atoms with E-state index in [1.54, 1.807) is 10.7 Å². The molecule has 1 N–H and O–H groups in total. The van der Waals surface area contributed by atoms with Gasteiger partial charge in [-0.3, -0.25) is 0 Å². The van der Waals surface area contributed by atoms with Crippen molar-refractivity contribution in [1.82, 2.24) is 0 Å². The van der Waals surface area contributed by atoms with Gasteiger partial charge < -0.3 is 0 Å². The molecular formula is C17H36N2+2. The molecule has 2 nitrogen and oxygen atoms in total. The van der Waals surface area contributed by atoms with E-state index >= 15 is 0 Å². The molecule has 1 aliphatic rings. The quantitative estimate of drug-likeness (QED) is 0.435. The van der Waals surface area contributed by atoms with Crippen LogP contribution in [-0.4, -0.2) is 37.6 Å². The predicted octanol–water partition coefficient (Wildman–Crippen LogP) is 2.87. The Labute approximate surface area is 120 Å². The highest BCUT2D eigenvalue weighted by Crippen LogP contribution is 2.11. The summed E-state index contributed by atoms with van der Waals surface area (Å²) in [6.45, 7) is 4.83. The predicted molar refractivity (Wildman–Crippen MR) is 84.3 cm³/mol.